The van der Waals surface area contributed by atoms with Gasteiger partial charge in [0.15, 0.2) is 0 Å². The molecule has 96 valence electrons. The predicted octanol–water partition coefficient (Wildman–Crippen LogP) is 4.54. The highest BCUT2D eigenvalue weighted by atomic mass is 14.9. The molecular weight excluding hydrogens is 194 g/mol. The van der Waals surface area contributed by atoms with Crippen molar-refractivity contribution in [1.82, 2.24) is 5.32 Å². The topological polar surface area (TPSA) is 12.0 Å². The van der Waals surface area contributed by atoms with Crippen molar-refractivity contribution >= 4 is 0 Å². The fourth-order valence-electron chi connectivity index (χ4n) is 1.89. The highest BCUT2D eigenvalue weighted by molar-refractivity contribution is 4.93. The Morgan fingerprint density at radius 1 is 1.25 bits per heavy atom. The summed E-state index contributed by atoms with van der Waals surface area (Å²) in [4.78, 5) is 0. The van der Waals surface area contributed by atoms with Crippen LogP contribution in [0.2, 0.25) is 0 Å². The third-order valence-corrected chi connectivity index (χ3v) is 3.21. The summed E-state index contributed by atoms with van der Waals surface area (Å²) >= 11 is 0. The zero-order valence-corrected chi connectivity index (χ0v) is 12.0. The van der Waals surface area contributed by atoms with Crippen molar-refractivity contribution < 1.29 is 0 Å². The van der Waals surface area contributed by atoms with Crippen LogP contribution in [0.25, 0.3) is 0 Å². The van der Waals surface area contributed by atoms with E-state index in [0.29, 0.717) is 11.5 Å². The number of allylic oxidation sites excluding steroid dienone is 1. The summed E-state index contributed by atoms with van der Waals surface area (Å²) < 4.78 is 0. The minimum Gasteiger partial charge on any atom is -0.313 e. The molecule has 0 heterocycles. The van der Waals surface area contributed by atoms with Gasteiger partial charge in [-0.3, -0.25) is 0 Å². The Morgan fingerprint density at radius 3 is 2.31 bits per heavy atom. The molecule has 0 aliphatic carbocycles. The van der Waals surface area contributed by atoms with E-state index in [1.165, 1.54) is 31.3 Å². The Morgan fingerprint density at radius 2 is 1.88 bits per heavy atom. The van der Waals surface area contributed by atoms with Crippen molar-refractivity contribution in [2.24, 2.45) is 5.41 Å². The SMILES string of the molecule is C=C(CC)CCCC(NCCC)C(C)(C)C. The molecule has 1 unspecified atom stereocenters. The maximum atomic E-state index is 4.07. The molecule has 0 radical (unpaired) electrons. The highest BCUT2D eigenvalue weighted by Gasteiger charge is 2.22. The molecule has 0 aromatic rings. The molecule has 0 rings (SSSR count). The highest BCUT2D eigenvalue weighted by Crippen LogP contribution is 2.24. The van der Waals surface area contributed by atoms with Gasteiger partial charge in [0.25, 0.3) is 0 Å². The van der Waals surface area contributed by atoms with Crippen LogP contribution in [-0.4, -0.2) is 12.6 Å². The van der Waals surface area contributed by atoms with Crippen molar-refractivity contribution in [3.05, 3.63) is 12.2 Å². The van der Waals surface area contributed by atoms with Crippen molar-refractivity contribution in [3.8, 4) is 0 Å². The van der Waals surface area contributed by atoms with Gasteiger partial charge >= 0.3 is 0 Å². The molecule has 1 heteroatoms. The average Bonchev–Trinajstić information content (AvgIpc) is 2.20. The van der Waals surface area contributed by atoms with Gasteiger partial charge in [0.2, 0.25) is 0 Å². The normalized spacial score (nSPS) is 13.8. The van der Waals surface area contributed by atoms with Crippen LogP contribution in [0.4, 0.5) is 0 Å². The summed E-state index contributed by atoms with van der Waals surface area (Å²) in [5.41, 5.74) is 1.76. The summed E-state index contributed by atoms with van der Waals surface area (Å²) in [6.07, 6.45) is 6.07. The maximum absolute atomic E-state index is 4.07. The Kier molecular flexibility index (Phi) is 7.74. The second-order valence-electron chi connectivity index (χ2n) is 5.87. The summed E-state index contributed by atoms with van der Waals surface area (Å²) in [5, 5.41) is 3.67. The summed E-state index contributed by atoms with van der Waals surface area (Å²) in [7, 11) is 0. The molecule has 0 aromatic carbocycles. The first kappa shape index (κ1) is 15.7. The minimum atomic E-state index is 0.364. The van der Waals surface area contributed by atoms with Crippen LogP contribution in [-0.2, 0) is 0 Å². The lowest BCUT2D eigenvalue weighted by atomic mass is 9.83. The summed E-state index contributed by atoms with van der Waals surface area (Å²) in [6.45, 7) is 16.6. The van der Waals surface area contributed by atoms with Crippen LogP contribution in [0.15, 0.2) is 12.2 Å². The van der Waals surface area contributed by atoms with E-state index in [9.17, 15) is 0 Å². The Hall–Kier alpha value is -0.300. The Labute approximate surface area is 103 Å². The number of rotatable bonds is 8. The largest absolute Gasteiger partial charge is 0.313 e. The van der Waals surface area contributed by atoms with E-state index in [4.69, 9.17) is 0 Å². The molecule has 0 aliphatic rings. The third kappa shape index (κ3) is 7.05. The lowest BCUT2D eigenvalue weighted by Gasteiger charge is -2.32. The van der Waals surface area contributed by atoms with Gasteiger partial charge in [-0.15, -0.1) is 0 Å². The van der Waals surface area contributed by atoms with E-state index in [0.717, 1.165) is 13.0 Å². The molecule has 1 N–H and O–H groups in total. The molecular formula is C15H31N. The lowest BCUT2D eigenvalue weighted by molar-refractivity contribution is 0.251. The second kappa shape index (κ2) is 7.89. The van der Waals surface area contributed by atoms with E-state index in [2.05, 4.69) is 46.5 Å². The quantitative estimate of drug-likeness (QED) is 0.598. The maximum Gasteiger partial charge on any atom is 0.0116 e. The standard InChI is InChI=1S/C15H31N/c1-7-12-16-14(15(4,5)6)11-9-10-13(3)8-2/h14,16H,3,7-12H2,1-2,4-6H3. The Bertz CT molecular complexity index is 188. The smallest absolute Gasteiger partial charge is 0.0116 e. The third-order valence-electron chi connectivity index (χ3n) is 3.21. The van der Waals surface area contributed by atoms with Gasteiger partial charge in [0.1, 0.15) is 0 Å². The molecule has 0 bridgehead atoms. The Balaban J connectivity index is 3.97. The van der Waals surface area contributed by atoms with E-state index in [1.807, 2.05) is 0 Å². The molecule has 0 spiro atoms. The summed E-state index contributed by atoms with van der Waals surface area (Å²) in [5.74, 6) is 0. The second-order valence-corrected chi connectivity index (χ2v) is 5.87. The minimum absolute atomic E-state index is 0.364. The molecule has 16 heavy (non-hydrogen) atoms. The van der Waals surface area contributed by atoms with Crippen molar-refractivity contribution in [1.29, 1.82) is 0 Å². The molecule has 1 atom stereocenters. The predicted molar refractivity (Wildman–Crippen MR) is 74.8 cm³/mol. The molecule has 0 fully saturated rings. The number of hydrogen-bond donors (Lipinski definition) is 1. The molecule has 1 nitrogen and oxygen atoms in total. The van der Waals surface area contributed by atoms with Crippen molar-refractivity contribution in [2.75, 3.05) is 6.54 Å². The fourth-order valence-corrected chi connectivity index (χ4v) is 1.89. The molecule has 0 saturated carbocycles. The van der Waals surface area contributed by atoms with Crippen molar-refractivity contribution in [2.45, 2.75) is 72.8 Å². The van der Waals surface area contributed by atoms with Crippen LogP contribution >= 0.6 is 0 Å². The van der Waals surface area contributed by atoms with Crippen LogP contribution in [0.1, 0.15) is 66.7 Å². The van der Waals surface area contributed by atoms with Gasteiger partial charge in [-0.1, -0.05) is 46.8 Å². The molecule has 0 aromatic heterocycles. The van der Waals surface area contributed by atoms with Gasteiger partial charge in [-0.25, -0.2) is 0 Å². The van der Waals surface area contributed by atoms with Gasteiger partial charge in [-0.2, -0.15) is 0 Å². The van der Waals surface area contributed by atoms with Crippen LogP contribution in [0.3, 0.4) is 0 Å². The summed E-state index contributed by atoms with van der Waals surface area (Å²) in [6, 6.07) is 0.636. The molecule has 0 saturated heterocycles. The fraction of sp³-hybridized carbons (Fsp3) is 0.867. The van der Waals surface area contributed by atoms with E-state index >= 15 is 0 Å². The first-order valence-electron chi connectivity index (χ1n) is 6.81. The van der Waals surface area contributed by atoms with E-state index in [1.54, 1.807) is 0 Å². The molecule has 0 aliphatic heterocycles. The zero-order valence-electron chi connectivity index (χ0n) is 12.0. The lowest BCUT2D eigenvalue weighted by Crippen LogP contribution is -2.40. The van der Waals surface area contributed by atoms with Crippen LogP contribution < -0.4 is 5.32 Å². The van der Waals surface area contributed by atoms with E-state index < -0.39 is 0 Å². The number of hydrogen-bond acceptors (Lipinski definition) is 1. The van der Waals surface area contributed by atoms with Crippen LogP contribution in [0, 0.1) is 5.41 Å². The monoisotopic (exact) mass is 225 g/mol. The van der Waals surface area contributed by atoms with Gasteiger partial charge in [0, 0.05) is 6.04 Å². The first-order valence-corrected chi connectivity index (χ1v) is 6.81. The number of nitrogens with one attached hydrogen (secondary N) is 1. The first-order chi connectivity index (χ1) is 7.41. The average molecular weight is 225 g/mol. The molecule has 0 amide bonds. The van der Waals surface area contributed by atoms with Crippen molar-refractivity contribution in [3.63, 3.8) is 0 Å². The zero-order chi connectivity index (χ0) is 12.6. The van der Waals surface area contributed by atoms with E-state index in [-0.39, 0.29) is 0 Å². The van der Waals surface area contributed by atoms with Gasteiger partial charge < -0.3 is 5.32 Å². The van der Waals surface area contributed by atoms with Gasteiger partial charge in [-0.05, 0) is 44.1 Å². The van der Waals surface area contributed by atoms with Gasteiger partial charge in [0.05, 0.1) is 0 Å². The van der Waals surface area contributed by atoms with Crippen LogP contribution in [0.5, 0.6) is 0 Å².